The van der Waals surface area contributed by atoms with Crippen LogP contribution in [0.3, 0.4) is 0 Å². The van der Waals surface area contributed by atoms with Crippen LogP contribution in [-0.2, 0) is 11.2 Å². The monoisotopic (exact) mass is 343 g/mol. The van der Waals surface area contributed by atoms with Gasteiger partial charge in [-0.15, -0.1) is 0 Å². The third-order valence-corrected chi connectivity index (χ3v) is 6.08. The van der Waals surface area contributed by atoms with Gasteiger partial charge in [-0.2, -0.15) is 0 Å². The third kappa shape index (κ3) is 3.10. The zero-order valence-electron chi connectivity index (χ0n) is 15.1. The Morgan fingerprint density at radius 3 is 3.00 bits per heavy atom. The van der Waals surface area contributed by atoms with Crippen molar-refractivity contribution >= 4 is 5.96 Å². The van der Waals surface area contributed by atoms with Crippen LogP contribution in [-0.4, -0.2) is 37.8 Å². The highest BCUT2D eigenvalue weighted by Gasteiger charge is 2.66. The molecule has 3 unspecified atom stereocenters. The molecule has 0 radical (unpaired) electrons. The van der Waals surface area contributed by atoms with Crippen LogP contribution in [0.15, 0.2) is 40.0 Å². The van der Waals surface area contributed by atoms with E-state index in [9.17, 15) is 0 Å². The SMILES string of the molecule is C=C(C)CN=C(NCCc1ccco1)NC1C2CCOC2C12CCC2. The molecular formula is C20H29N3O2. The molecular weight excluding hydrogens is 314 g/mol. The summed E-state index contributed by atoms with van der Waals surface area (Å²) in [6, 6.07) is 4.43. The van der Waals surface area contributed by atoms with Crippen LogP contribution in [0.5, 0.6) is 0 Å². The summed E-state index contributed by atoms with van der Waals surface area (Å²) in [6.45, 7) is 8.36. The van der Waals surface area contributed by atoms with Gasteiger partial charge in [0.15, 0.2) is 5.96 Å². The molecule has 0 aromatic carbocycles. The summed E-state index contributed by atoms with van der Waals surface area (Å²) in [5, 5.41) is 7.22. The van der Waals surface area contributed by atoms with Gasteiger partial charge in [-0.05, 0) is 38.3 Å². The summed E-state index contributed by atoms with van der Waals surface area (Å²) in [5.41, 5.74) is 1.43. The zero-order chi connectivity index (χ0) is 17.3. The molecule has 5 heteroatoms. The van der Waals surface area contributed by atoms with E-state index < -0.39 is 0 Å². The van der Waals surface area contributed by atoms with Crippen molar-refractivity contribution in [3.05, 3.63) is 36.3 Å². The van der Waals surface area contributed by atoms with Gasteiger partial charge in [-0.3, -0.25) is 0 Å². The molecule has 1 aliphatic heterocycles. The van der Waals surface area contributed by atoms with Crippen LogP contribution in [0.2, 0.25) is 0 Å². The van der Waals surface area contributed by atoms with E-state index in [0.29, 0.717) is 30.0 Å². The number of nitrogens with one attached hydrogen (secondary N) is 2. The molecule has 0 bridgehead atoms. The van der Waals surface area contributed by atoms with E-state index in [1.807, 2.05) is 19.1 Å². The molecule has 1 saturated heterocycles. The van der Waals surface area contributed by atoms with Crippen LogP contribution in [0.1, 0.15) is 38.4 Å². The average molecular weight is 343 g/mol. The Kier molecular flexibility index (Phi) is 4.59. The van der Waals surface area contributed by atoms with Gasteiger partial charge in [-0.1, -0.05) is 18.6 Å². The summed E-state index contributed by atoms with van der Waals surface area (Å²) < 4.78 is 11.4. The Bertz CT molecular complexity index is 633. The summed E-state index contributed by atoms with van der Waals surface area (Å²) in [5.74, 6) is 2.54. The van der Waals surface area contributed by atoms with Crippen molar-refractivity contribution in [2.75, 3.05) is 19.7 Å². The Balaban J connectivity index is 1.39. The second kappa shape index (κ2) is 6.87. The van der Waals surface area contributed by atoms with Crippen molar-refractivity contribution in [3.8, 4) is 0 Å². The topological polar surface area (TPSA) is 58.8 Å². The smallest absolute Gasteiger partial charge is 0.191 e. The van der Waals surface area contributed by atoms with E-state index in [1.165, 1.54) is 25.7 Å². The molecule has 2 aliphatic carbocycles. The molecule has 4 rings (SSSR count). The standard InChI is InChI=1S/C20H29N3O2/c1-14(2)13-22-19(21-10-6-15-5-3-11-24-15)23-17-16-7-12-25-18(16)20(17)8-4-9-20/h3,5,11,16-18H,1,4,6-10,12-13H2,2H3,(H2,21,22,23). The molecule has 2 N–H and O–H groups in total. The predicted molar refractivity (Wildman–Crippen MR) is 98.6 cm³/mol. The van der Waals surface area contributed by atoms with Gasteiger partial charge in [0.2, 0.25) is 0 Å². The van der Waals surface area contributed by atoms with Gasteiger partial charge in [-0.25, -0.2) is 4.99 Å². The van der Waals surface area contributed by atoms with Gasteiger partial charge < -0.3 is 19.8 Å². The Morgan fingerprint density at radius 1 is 1.44 bits per heavy atom. The number of hydrogen-bond donors (Lipinski definition) is 2. The van der Waals surface area contributed by atoms with Crippen LogP contribution >= 0.6 is 0 Å². The first kappa shape index (κ1) is 16.7. The molecule has 25 heavy (non-hydrogen) atoms. The van der Waals surface area contributed by atoms with Crippen molar-refractivity contribution in [1.82, 2.24) is 10.6 Å². The number of nitrogens with zero attached hydrogens (tertiary/aromatic N) is 1. The number of ether oxygens (including phenoxy) is 1. The molecule has 3 atom stereocenters. The highest BCUT2D eigenvalue weighted by molar-refractivity contribution is 5.80. The molecule has 2 heterocycles. The normalized spacial score (nSPS) is 29.6. The fourth-order valence-corrected chi connectivity index (χ4v) is 4.73. The van der Waals surface area contributed by atoms with Crippen molar-refractivity contribution in [2.24, 2.45) is 16.3 Å². The first-order valence-electron chi connectivity index (χ1n) is 9.52. The second-order valence-corrected chi connectivity index (χ2v) is 7.83. The van der Waals surface area contributed by atoms with Crippen LogP contribution in [0.4, 0.5) is 0 Å². The minimum atomic E-state index is 0.355. The molecule has 5 nitrogen and oxygen atoms in total. The average Bonchev–Trinajstić information content (AvgIpc) is 3.18. The summed E-state index contributed by atoms with van der Waals surface area (Å²) in [4.78, 5) is 4.73. The van der Waals surface area contributed by atoms with Crippen molar-refractivity contribution < 1.29 is 9.15 Å². The van der Waals surface area contributed by atoms with Gasteiger partial charge in [0, 0.05) is 36.9 Å². The summed E-state index contributed by atoms with van der Waals surface area (Å²) in [7, 11) is 0. The fraction of sp³-hybridized carbons (Fsp3) is 0.650. The van der Waals surface area contributed by atoms with E-state index in [1.54, 1.807) is 6.26 Å². The maximum Gasteiger partial charge on any atom is 0.191 e. The number of guanidine groups is 1. The lowest BCUT2D eigenvalue weighted by molar-refractivity contribution is -0.171. The van der Waals surface area contributed by atoms with Gasteiger partial charge in [0.1, 0.15) is 5.76 Å². The van der Waals surface area contributed by atoms with E-state index >= 15 is 0 Å². The highest BCUT2D eigenvalue weighted by atomic mass is 16.5. The quantitative estimate of drug-likeness (QED) is 0.474. The van der Waals surface area contributed by atoms with Gasteiger partial charge in [0.25, 0.3) is 0 Å². The van der Waals surface area contributed by atoms with Crippen LogP contribution < -0.4 is 10.6 Å². The Labute approximate surface area is 149 Å². The van der Waals surface area contributed by atoms with Gasteiger partial charge >= 0.3 is 0 Å². The lowest BCUT2D eigenvalue weighted by Crippen LogP contribution is -2.72. The van der Waals surface area contributed by atoms with E-state index in [-0.39, 0.29) is 0 Å². The lowest BCUT2D eigenvalue weighted by atomic mass is 9.46. The molecule has 2 saturated carbocycles. The highest BCUT2D eigenvalue weighted by Crippen LogP contribution is 2.62. The van der Waals surface area contributed by atoms with Crippen molar-refractivity contribution in [1.29, 1.82) is 0 Å². The largest absolute Gasteiger partial charge is 0.469 e. The minimum Gasteiger partial charge on any atom is -0.469 e. The lowest BCUT2D eigenvalue weighted by Gasteiger charge is -2.63. The van der Waals surface area contributed by atoms with E-state index in [0.717, 1.165) is 36.9 Å². The van der Waals surface area contributed by atoms with Crippen molar-refractivity contribution in [3.63, 3.8) is 0 Å². The molecule has 0 amide bonds. The Hall–Kier alpha value is -1.75. The molecule has 1 aromatic rings. The number of rotatable bonds is 6. The number of aliphatic imine (C=N–C) groups is 1. The van der Waals surface area contributed by atoms with Crippen LogP contribution in [0.25, 0.3) is 0 Å². The van der Waals surface area contributed by atoms with E-state index in [2.05, 4.69) is 17.2 Å². The molecule has 1 aromatic heterocycles. The molecule has 136 valence electrons. The Morgan fingerprint density at radius 2 is 2.32 bits per heavy atom. The summed E-state index contributed by atoms with van der Waals surface area (Å²) >= 11 is 0. The molecule has 3 fully saturated rings. The number of fused-ring (bicyclic) bond motifs is 2. The first-order chi connectivity index (χ1) is 12.2. The first-order valence-corrected chi connectivity index (χ1v) is 9.52. The maximum absolute atomic E-state index is 6.02. The van der Waals surface area contributed by atoms with Crippen molar-refractivity contribution in [2.45, 2.75) is 51.2 Å². The van der Waals surface area contributed by atoms with E-state index in [4.69, 9.17) is 14.1 Å². The van der Waals surface area contributed by atoms with Crippen LogP contribution in [0, 0.1) is 11.3 Å². The number of hydrogen-bond acceptors (Lipinski definition) is 3. The number of furan rings is 1. The maximum atomic E-state index is 6.02. The zero-order valence-corrected chi connectivity index (χ0v) is 15.1. The minimum absolute atomic E-state index is 0.355. The summed E-state index contributed by atoms with van der Waals surface area (Å²) in [6.07, 6.45) is 8.12. The molecule has 3 aliphatic rings. The predicted octanol–water partition coefficient (Wildman–Crippen LogP) is 2.89. The second-order valence-electron chi connectivity index (χ2n) is 7.83. The third-order valence-electron chi connectivity index (χ3n) is 6.08. The molecule has 1 spiro atoms. The fourth-order valence-electron chi connectivity index (χ4n) is 4.73. The van der Waals surface area contributed by atoms with Gasteiger partial charge in [0.05, 0.1) is 18.9 Å².